The quantitative estimate of drug-likeness (QED) is 0.390. The number of hydrogen-bond donors (Lipinski definition) is 1. The number of rotatable bonds is 4. The number of halogens is 1. The van der Waals surface area contributed by atoms with Gasteiger partial charge in [0.15, 0.2) is 6.19 Å². The molecule has 0 atom stereocenters. The van der Waals surface area contributed by atoms with Crippen LogP contribution in [0.15, 0.2) is 35.3 Å². The fraction of sp³-hybridized carbons (Fsp3) is 0.286. The minimum atomic E-state index is 0.453. The van der Waals surface area contributed by atoms with Crippen LogP contribution < -0.4 is 5.32 Å². The van der Waals surface area contributed by atoms with Crippen molar-refractivity contribution in [2.45, 2.75) is 13.8 Å². The van der Waals surface area contributed by atoms with Gasteiger partial charge in [-0.2, -0.15) is 5.26 Å². The van der Waals surface area contributed by atoms with E-state index in [9.17, 15) is 0 Å². The van der Waals surface area contributed by atoms with Crippen molar-refractivity contribution >= 4 is 23.5 Å². The summed E-state index contributed by atoms with van der Waals surface area (Å²) in [5, 5.41) is 11.9. The Morgan fingerprint density at radius 2 is 2.22 bits per heavy atom. The van der Waals surface area contributed by atoms with E-state index in [4.69, 9.17) is 16.9 Å². The van der Waals surface area contributed by atoms with E-state index in [1.54, 1.807) is 6.08 Å². The molecular formula is C14H16ClN3. The Bertz CT molecular complexity index is 484. The second-order valence-corrected chi connectivity index (χ2v) is 4.62. The molecule has 1 rings (SSSR count). The van der Waals surface area contributed by atoms with Crippen molar-refractivity contribution in [2.24, 2.45) is 10.9 Å². The summed E-state index contributed by atoms with van der Waals surface area (Å²) in [6, 6.07) is 7.52. The molecule has 0 aromatic heterocycles. The Morgan fingerprint density at radius 3 is 2.83 bits per heavy atom. The largest absolute Gasteiger partial charge is 0.277 e. The molecule has 1 aromatic rings. The van der Waals surface area contributed by atoms with Crippen LogP contribution in [0.3, 0.4) is 0 Å². The normalized spacial score (nSPS) is 11.8. The third-order valence-corrected chi connectivity index (χ3v) is 2.48. The van der Waals surface area contributed by atoms with Crippen LogP contribution in [0.5, 0.6) is 0 Å². The lowest BCUT2D eigenvalue weighted by atomic mass is 10.2. The van der Waals surface area contributed by atoms with E-state index in [0.29, 0.717) is 23.3 Å². The highest BCUT2D eigenvalue weighted by Gasteiger charge is 1.97. The molecule has 4 heteroatoms. The van der Waals surface area contributed by atoms with Crippen molar-refractivity contribution in [2.75, 3.05) is 6.54 Å². The molecule has 0 radical (unpaired) electrons. The SMILES string of the molecule is CC(C)CN=C(/C=C/c1ccccc1Cl)NC#N. The van der Waals surface area contributed by atoms with E-state index in [1.807, 2.05) is 36.5 Å². The van der Waals surface area contributed by atoms with Crippen LogP contribution in [0.2, 0.25) is 5.02 Å². The summed E-state index contributed by atoms with van der Waals surface area (Å²) in [5.74, 6) is 1.00. The predicted octanol–water partition coefficient (Wildman–Crippen LogP) is 3.48. The van der Waals surface area contributed by atoms with Crippen LogP contribution in [0.1, 0.15) is 19.4 Å². The van der Waals surface area contributed by atoms with Crippen LogP contribution in [-0.2, 0) is 0 Å². The van der Waals surface area contributed by atoms with Crippen molar-refractivity contribution < 1.29 is 0 Å². The van der Waals surface area contributed by atoms with Crippen molar-refractivity contribution in [3.05, 3.63) is 40.9 Å². The van der Waals surface area contributed by atoms with Gasteiger partial charge in [-0.05, 0) is 29.7 Å². The molecule has 0 heterocycles. The maximum absolute atomic E-state index is 8.65. The molecule has 0 aliphatic heterocycles. The van der Waals surface area contributed by atoms with Gasteiger partial charge >= 0.3 is 0 Å². The van der Waals surface area contributed by atoms with Gasteiger partial charge in [0.25, 0.3) is 0 Å². The molecule has 0 fully saturated rings. The molecule has 0 saturated carbocycles. The van der Waals surface area contributed by atoms with Crippen molar-refractivity contribution in [3.63, 3.8) is 0 Å². The molecule has 0 unspecified atom stereocenters. The van der Waals surface area contributed by atoms with E-state index >= 15 is 0 Å². The molecule has 0 amide bonds. The van der Waals surface area contributed by atoms with E-state index in [1.165, 1.54) is 0 Å². The third-order valence-electron chi connectivity index (χ3n) is 2.14. The summed E-state index contributed by atoms with van der Waals surface area (Å²) >= 11 is 6.04. The molecule has 0 aliphatic carbocycles. The highest BCUT2D eigenvalue weighted by molar-refractivity contribution is 6.32. The fourth-order valence-corrected chi connectivity index (χ4v) is 1.45. The number of aliphatic imine (C=N–C) groups is 1. The number of hydrogen-bond acceptors (Lipinski definition) is 2. The minimum absolute atomic E-state index is 0.453. The predicted molar refractivity (Wildman–Crippen MR) is 76.4 cm³/mol. The third kappa shape index (κ3) is 5.03. The zero-order valence-electron chi connectivity index (χ0n) is 10.5. The number of nitrogens with one attached hydrogen (secondary N) is 1. The van der Waals surface area contributed by atoms with E-state index in [-0.39, 0.29) is 0 Å². The lowest BCUT2D eigenvalue weighted by Gasteiger charge is -2.02. The molecular weight excluding hydrogens is 246 g/mol. The van der Waals surface area contributed by atoms with Crippen LogP contribution in [0.4, 0.5) is 0 Å². The summed E-state index contributed by atoms with van der Waals surface area (Å²) in [6.07, 6.45) is 5.47. The first-order chi connectivity index (χ1) is 8.63. The minimum Gasteiger partial charge on any atom is -0.277 e. The Morgan fingerprint density at radius 1 is 1.50 bits per heavy atom. The zero-order valence-corrected chi connectivity index (χ0v) is 11.3. The number of benzene rings is 1. The van der Waals surface area contributed by atoms with Crippen LogP contribution in [-0.4, -0.2) is 12.4 Å². The molecule has 0 aliphatic rings. The lowest BCUT2D eigenvalue weighted by Crippen LogP contribution is -2.16. The maximum atomic E-state index is 8.65. The van der Waals surface area contributed by atoms with Gasteiger partial charge in [0, 0.05) is 11.6 Å². The molecule has 18 heavy (non-hydrogen) atoms. The summed E-state index contributed by atoms with van der Waals surface area (Å²) in [5.41, 5.74) is 0.899. The van der Waals surface area contributed by atoms with Gasteiger partial charge in [-0.15, -0.1) is 0 Å². The van der Waals surface area contributed by atoms with E-state index < -0.39 is 0 Å². The summed E-state index contributed by atoms with van der Waals surface area (Å²) < 4.78 is 0. The summed E-state index contributed by atoms with van der Waals surface area (Å²) in [7, 11) is 0. The second-order valence-electron chi connectivity index (χ2n) is 4.21. The van der Waals surface area contributed by atoms with Gasteiger partial charge in [0.1, 0.15) is 5.84 Å². The van der Waals surface area contributed by atoms with Crippen LogP contribution in [0, 0.1) is 17.4 Å². The molecule has 0 spiro atoms. The topological polar surface area (TPSA) is 48.2 Å². The highest BCUT2D eigenvalue weighted by Crippen LogP contribution is 2.16. The van der Waals surface area contributed by atoms with Gasteiger partial charge in [-0.3, -0.25) is 10.3 Å². The summed E-state index contributed by atoms with van der Waals surface area (Å²) in [4.78, 5) is 4.31. The molecule has 3 nitrogen and oxygen atoms in total. The standard InChI is InChI=1S/C14H16ClN3/c1-11(2)9-17-14(18-10-16)8-7-12-5-3-4-6-13(12)15/h3-8,11H,9H2,1-2H3,(H,17,18)/b8-7+. The van der Waals surface area contributed by atoms with Gasteiger partial charge in [0.05, 0.1) is 0 Å². The fourth-order valence-electron chi connectivity index (χ4n) is 1.25. The number of amidine groups is 1. The van der Waals surface area contributed by atoms with Gasteiger partial charge in [0.2, 0.25) is 0 Å². The van der Waals surface area contributed by atoms with Crippen molar-refractivity contribution in [1.82, 2.24) is 5.32 Å². The Kier molecular flexibility index (Phi) is 5.96. The van der Waals surface area contributed by atoms with Gasteiger partial charge < -0.3 is 0 Å². The monoisotopic (exact) mass is 261 g/mol. The Hall–Kier alpha value is -1.79. The average molecular weight is 262 g/mol. The molecule has 1 N–H and O–H groups in total. The molecule has 94 valence electrons. The summed E-state index contributed by atoms with van der Waals surface area (Å²) in [6.45, 7) is 4.83. The lowest BCUT2D eigenvalue weighted by molar-refractivity contribution is 0.664. The first-order valence-corrected chi connectivity index (χ1v) is 6.13. The van der Waals surface area contributed by atoms with Gasteiger partial charge in [-0.25, -0.2) is 0 Å². The van der Waals surface area contributed by atoms with E-state index in [0.717, 1.165) is 5.56 Å². The average Bonchev–Trinajstić information content (AvgIpc) is 2.34. The van der Waals surface area contributed by atoms with Crippen LogP contribution >= 0.6 is 11.6 Å². The Balaban J connectivity index is 2.81. The number of nitriles is 1. The first-order valence-electron chi connectivity index (χ1n) is 5.75. The van der Waals surface area contributed by atoms with Crippen LogP contribution in [0.25, 0.3) is 6.08 Å². The number of nitrogens with zero attached hydrogens (tertiary/aromatic N) is 2. The first kappa shape index (κ1) is 14.3. The smallest absolute Gasteiger partial charge is 0.182 e. The van der Waals surface area contributed by atoms with Crippen molar-refractivity contribution in [1.29, 1.82) is 5.26 Å². The molecule has 0 bridgehead atoms. The maximum Gasteiger partial charge on any atom is 0.182 e. The zero-order chi connectivity index (χ0) is 13.4. The van der Waals surface area contributed by atoms with Crippen molar-refractivity contribution in [3.8, 4) is 6.19 Å². The molecule has 1 aromatic carbocycles. The second kappa shape index (κ2) is 7.52. The Labute approximate surface area is 113 Å². The van der Waals surface area contributed by atoms with E-state index in [2.05, 4.69) is 24.2 Å². The highest BCUT2D eigenvalue weighted by atomic mass is 35.5. The molecule has 0 saturated heterocycles. The van der Waals surface area contributed by atoms with Gasteiger partial charge in [-0.1, -0.05) is 43.6 Å².